The van der Waals surface area contributed by atoms with Crippen LogP contribution in [0.4, 0.5) is 0 Å². The van der Waals surface area contributed by atoms with E-state index in [9.17, 15) is 8.42 Å². The van der Waals surface area contributed by atoms with E-state index in [-0.39, 0.29) is 42.7 Å². The molecule has 2 aromatic heterocycles. The van der Waals surface area contributed by atoms with Crippen LogP contribution in [0.25, 0.3) is 11.0 Å². The Hall–Kier alpha value is -1.65. The molecule has 2 N–H and O–H groups in total. The number of ether oxygens (including phenoxy) is 2. The van der Waals surface area contributed by atoms with Gasteiger partial charge in [0.15, 0.2) is 0 Å². The minimum Gasteiger partial charge on any atom is -1.00 e. The van der Waals surface area contributed by atoms with Crippen LogP contribution in [0.5, 0.6) is 11.5 Å². The van der Waals surface area contributed by atoms with Gasteiger partial charge in [0.2, 0.25) is 5.16 Å². The van der Waals surface area contributed by atoms with Gasteiger partial charge in [-0.2, -0.15) is 0 Å². The first-order valence-corrected chi connectivity index (χ1v) is 9.36. The molecule has 2 heterocycles. The van der Waals surface area contributed by atoms with E-state index in [4.69, 9.17) is 9.47 Å². The standard InChI is InChI=1S/C17H20N4O4S.Na.H/c1-10-8-18-15(11(2)16(10)25-4)9-19-26(22,23)17-20-13-6-5-12(24-3)7-14(13)21-17;;/h5-8,19H,9H2,1-4H3,(H,20,21);;/q;+1;-1. The number of hydrogen-bond donors (Lipinski definition) is 2. The van der Waals surface area contributed by atoms with Crippen molar-refractivity contribution in [1.29, 1.82) is 0 Å². The normalized spacial score (nSPS) is 11.3. The average Bonchev–Trinajstić information content (AvgIpc) is 3.05. The maximum Gasteiger partial charge on any atom is 1.00 e. The number of pyridine rings is 1. The second-order valence-electron chi connectivity index (χ2n) is 5.80. The molecule has 140 valence electrons. The molecule has 0 aliphatic heterocycles. The zero-order valence-electron chi connectivity index (χ0n) is 17.0. The summed E-state index contributed by atoms with van der Waals surface area (Å²) >= 11 is 0. The molecule has 0 saturated carbocycles. The number of imidazole rings is 1. The monoisotopic (exact) mass is 400 g/mol. The fraction of sp³-hybridized carbons (Fsp3) is 0.294. The van der Waals surface area contributed by atoms with Crippen molar-refractivity contribution in [3.8, 4) is 11.5 Å². The summed E-state index contributed by atoms with van der Waals surface area (Å²) in [7, 11) is -0.706. The van der Waals surface area contributed by atoms with Crippen molar-refractivity contribution in [2.24, 2.45) is 0 Å². The van der Waals surface area contributed by atoms with Gasteiger partial charge >= 0.3 is 29.6 Å². The third-order valence-electron chi connectivity index (χ3n) is 4.10. The van der Waals surface area contributed by atoms with E-state index in [1.165, 1.54) is 0 Å². The summed E-state index contributed by atoms with van der Waals surface area (Å²) in [5.74, 6) is 1.31. The predicted octanol–water partition coefficient (Wildman–Crippen LogP) is -0.813. The molecule has 0 bridgehead atoms. The molecule has 0 amide bonds. The Labute approximate surface area is 181 Å². The van der Waals surface area contributed by atoms with E-state index in [2.05, 4.69) is 19.7 Å². The van der Waals surface area contributed by atoms with E-state index >= 15 is 0 Å². The molecule has 1 aromatic carbocycles. The summed E-state index contributed by atoms with van der Waals surface area (Å²) < 4.78 is 38.1. The van der Waals surface area contributed by atoms with Crippen LogP contribution in [0.3, 0.4) is 0 Å². The van der Waals surface area contributed by atoms with Crippen molar-refractivity contribution in [2.75, 3.05) is 14.2 Å². The largest absolute Gasteiger partial charge is 1.00 e. The SMILES string of the molecule is COc1ccc2nc(S(=O)(=O)NCc3ncc(C)c(OC)c3C)[nH]c2c1.[H-].[Na+]. The Morgan fingerprint density at radius 1 is 1.22 bits per heavy atom. The van der Waals surface area contributed by atoms with Gasteiger partial charge < -0.3 is 15.9 Å². The summed E-state index contributed by atoms with van der Waals surface area (Å²) in [5, 5.41) is -0.155. The number of methoxy groups -OCH3 is 2. The smallest absolute Gasteiger partial charge is 1.00 e. The number of nitrogens with one attached hydrogen (secondary N) is 2. The first kappa shape index (κ1) is 21.6. The van der Waals surface area contributed by atoms with Crippen molar-refractivity contribution >= 4 is 21.1 Å². The second kappa shape index (κ2) is 8.57. The molecule has 0 unspecified atom stereocenters. The number of aromatic nitrogens is 3. The van der Waals surface area contributed by atoms with E-state index < -0.39 is 10.0 Å². The van der Waals surface area contributed by atoms with Crippen LogP contribution in [-0.2, 0) is 16.6 Å². The molecule has 0 aliphatic rings. The van der Waals surface area contributed by atoms with Crippen LogP contribution in [0.15, 0.2) is 29.6 Å². The number of nitrogens with zero attached hydrogens (tertiary/aromatic N) is 2. The van der Waals surface area contributed by atoms with Crippen molar-refractivity contribution in [2.45, 2.75) is 25.5 Å². The molecule has 27 heavy (non-hydrogen) atoms. The molecular formula is C17H21N4NaO4S. The third-order valence-corrected chi connectivity index (χ3v) is 5.33. The van der Waals surface area contributed by atoms with Crippen LogP contribution >= 0.6 is 0 Å². The number of sulfonamides is 1. The Morgan fingerprint density at radius 2 is 1.96 bits per heavy atom. The van der Waals surface area contributed by atoms with Gasteiger partial charge in [0.05, 0.1) is 37.5 Å². The Morgan fingerprint density at radius 3 is 2.63 bits per heavy atom. The van der Waals surface area contributed by atoms with Crippen molar-refractivity contribution in [3.05, 3.63) is 41.2 Å². The first-order chi connectivity index (χ1) is 12.4. The van der Waals surface area contributed by atoms with E-state index in [1.54, 1.807) is 38.6 Å². The maximum absolute atomic E-state index is 12.6. The molecule has 8 nitrogen and oxygen atoms in total. The Kier molecular flexibility index (Phi) is 6.87. The second-order valence-corrected chi connectivity index (χ2v) is 7.48. The molecule has 0 radical (unpaired) electrons. The molecule has 0 saturated heterocycles. The number of hydrogen-bond acceptors (Lipinski definition) is 6. The van der Waals surface area contributed by atoms with Gasteiger partial charge in [-0.3, -0.25) is 4.98 Å². The van der Waals surface area contributed by atoms with E-state index in [0.717, 1.165) is 11.1 Å². The van der Waals surface area contributed by atoms with Crippen LogP contribution in [0.2, 0.25) is 0 Å². The van der Waals surface area contributed by atoms with Gasteiger partial charge in [0, 0.05) is 23.4 Å². The molecular weight excluding hydrogens is 379 g/mol. The van der Waals surface area contributed by atoms with Gasteiger partial charge in [0.25, 0.3) is 10.0 Å². The summed E-state index contributed by atoms with van der Waals surface area (Å²) in [5.41, 5.74) is 3.40. The summed E-state index contributed by atoms with van der Waals surface area (Å²) in [6.07, 6.45) is 1.66. The van der Waals surface area contributed by atoms with Crippen LogP contribution in [0.1, 0.15) is 18.2 Å². The van der Waals surface area contributed by atoms with Gasteiger partial charge in [-0.05, 0) is 26.0 Å². The van der Waals surface area contributed by atoms with Crippen molar-refractivity contribution in [1.82, 2.24) is 19.7 Å². The third kappa shape index (κ3) is 4.44. The minimum atomic E-state index is -3.82. The molecule has 3 rings (SSSR count). The fourth-order valence-electron chi connectivity index (χ4n) is 2.70. The van der Waals surface area contributed by atoms with Gasteiger partial charge in [0.1, 0.15) is 11.5 Å². The average molecular weight is 400 g/mol. The molecule has 0 aliphatic carbocycles. The van der Waals surface area contributed by atoms with Gasteiger partial charge in [-0.1, -0.05) is 0 Å². The Balaban J connectivity index is 0.00000196. The number of aryl methyl sites for hydroxylation is 1. The fourth-order valence-corrected chi connectivity index (χ4v) is 3.63. The molecule has 0 spiro atoms. The number of aromatic amines is 1. The first-order valence-electron chi connectivity index (χ1n) is 7.88. The Bertz CT molecular complexity index is 1070. The van der Waals surface area contributed by atoms with Gasteiger partial charge in [-0.15, -0.1) is 0 Å². The van der Waals surface area contributed by atoms with Crippen LogP contribution in [-0.4, -0.2) is 37.6 Å². The van der Waals surface area contributed by atoms with Crippen molar-refractivity contribution < 1.29 is 48.9 Å². The molecule has 0 fully saturated rings. The summed E-state index contributed by atoms with van der Waals surface area (Å²) in [4.78, 5) is 11.2. The molecule has 3 aromatic rings. The van der Waals surface area contributed by atoms with Crippen molar-refractivity contribution in [3.63, 3.8) is 0 Å². The topological polar surface area (TPSA) is 106 Å². The maximum atomic E-state index is 12.6. The molecule has 0 atom stereocenters. The van der Waals surface area contributed by atoms with Crippen LogP contribution < -0.4 is 43.8 Å². The predicted molar refractivity (Wildman–Crippen MR) is 98.0 cm³/mol. The zero-order valence-corrected chi connectivity index (χ0v) is 18.8. The summed E-state index contributed by atoms with van der Waals surface area (Å²) in [6, 6.07) is 5.11. The minimum absolute atomic E-state index is 0. The van der Waals surface area contributed by atoms with E-state index in [1.807, 2.05) is 13.8 Å². The van der Waals surface area contributed by atoms with Crippen LogP contribution in [0, 0.1) is 13.8 Å². The molecule has 10 heteroatoms. The number of benzene rings is 1. The number of H-pyrrole nitrogens is 1. The van der Waals surface area contributed by atoms with E-state index in [0.29, 0.717) is 28.2 Å². The zero-order chi connectivity index (χ0) is 18.9. The number of rotatable bonds is 6. The quantitative estimate of drug-likeness (QED) is 0.524. The van der Waals surface area contributed by atoms with Gasteiger partial charge in [-0.25, -0.2) is 18.1 Å². The number of fused-ring (bicyclic) bond motifs is 1. The summed E-state index contributed by atoms with van der Waals surface area (Å²) in [6.45, 7) is 3.76.